The number of carbonyl (C=O) groups excluding carboxylic acids is 1. The van der Waals surface area contributed by atoms with Crippen molar-refractivity contribution in [3.8, 4) is 21.9 Å². The number of aromatic carboxylic acids is 1. The lowest BCUT2D eigenvalue weighted by Crippen LogP contribution is -2.43. The first-order valence-corrected chi connectivity index (χ1v) is 23.8. The number of aliphatic hydroxyl groups excluding tert-OH is 1. The fourth-order valence-corrected chi connectivity index (χ4v) is 11.5. The molecule has 5 atom stereocenters. The van der Waals surface area contributed by atoms with Gasteiger partial charge in [-0.2, -0.15) is 4.31 Å². The number of alkyl carbamates (subject to hydrolysis) is 1. The van der Waals surface area contributed by atoms with Crippen molar-refractivity contribution in [1.82, 2.24) is 9.62 Å². The lowest BCUT2D eigenvalue weighted by molar-refractivity contribution is 0.0578. The number of fused-ring (bicyclic) bond motifs is 1. The molecule has 1 fully saturated rings. The average Bonchev–Trinajstić information content (AvgIpc) is 3.76. The maximum Gasteiger partial charge on any atom is 0.407 e. The van der Waals surface area contributed by atoms with Crippen LogP contribution in [0.15, 0.2) is 77.7 Å². The number of aliphatic hydroxyl groups is 1. The highest BCUT2D eigenvalue weighted by Gasteiger charge is 2.36. The number of aryl methyl sites for hydroxylation is 1. The number of thiophene rings is 1. The van der Waals surface area contributed by atoms with Gasteiger partial charge in [0.15, 0.2) is 0 Å². The summed E-state index contributed by atoms with van der Waals surface area (Å²) >= 11 is 1.58. The lowest BCUT2D eigenvalue weighted by Gasteiger charge is -2.29. The topological polar surface area (TPSA) is 161 Å². The van der Waals surface area contributed by atoms with Gasteiger partial charge in [0.2, 0.25) is 10.0 Å². The Bertz CT molecular complexity index is 2250. The second-order valence-electron chi connectivity index (χ2n) is 17.9. The van der Waals surface area contributed by atoms with Crippen molar-refractivity contribution in [2.45, 2.75) is 116 Å². The molecule has 0 bridgehead atoms. The molecule has 1 aliphatic heterocycles. The summed E-state index contributed by atoms with van der Waals surface area (Å²) in [4.78, 5) is 28.2. The molecule has 62 heavy (non-hydrogen) atoms. The fourth-order valence-electron chi connectivity index (χ4n) is 8.48. The second-order valence-corrected chi connectivity index (χ2v) is 21.0. The van der Waals surface area contributed by atoms with E-state index in [9.17, 15) is 28.2 Å². The number of nitrogens with zero attached hydrogens (tertiary/aromatic N) is 1. The molecular weight excluding hydrogens is 829 g/mol. The van der Waals surface area contributed by atoms with Crippen LogP contribution < -0.4 is 14.8 Å². The molecule has 1 unspecified atom stereocenters. The third kappa shape index (κ3) is 11.8. The third-order valence-electron chi connectivity index (χ3n) is 11.9. The molecule has 6 rings (SSSR count). The number of rotatable bonds is 19. The van der Waals surface area contributed by atoms with Crippen molar-refractivity contribution in [1.29, 1.82) is 0 Å². The summed E-state index contributed by atoms with van der Waals surface area (Å²) in [5.41, 5.74) is 4.03. The van der Waals surface area contributed by atoms with Gasteiger partial charge in [-0.25, -0.2) is 18.0 Å². The minimum Gasteiger partial charge on any atom is -0.497 e. The number of amides is 1. The summed E-state index contributed by atoms with van der Waals surface area (Å²) in [5.74, 6) is 0.146. The van der Waals surface area contributed by atoms with Crippen LogP contribution in [0.1, 0.15) is 92.7 Å². The van der Waals surface area contributed by atoms with Crippen LogP contribution in [0.25, 0.3) is 10.4 Å². The molecule has 1 aromatic heterocycles. The van der Waals surface area contributed by atoms with E-state index in [2.05, 4.69) is 19.2 Å². The second kappa shape index (κ2) is 20.4. The van der Waals surface area contributed by atoms with Crippen molar-refractivity contribution in [2.24, 2.45) is 17.3 Å². The summed E-state index contributed by atoms with van der Waals surface area (Å²) in [6.07, 6.45) is 1.83. The normalized spacial score (nSPS) is 19.5. The van der Waals surface area contributed by atoms with Gasteiger partial charge in [0.1, 0.15) is 24.2 Å². The summed E-state index contributed by atoms with van der Waals surface area (Å²) in [6.45, 7) is 12.9. The fraction of sp³-hybridized carbons (Fsp3) is 0.500. The molecule has 0 spiro atoms. The SMILES string of the molecule is COc1ccc(S(=O)(=O)N(CC[C@H](Cc2ccc(OCc3ccccc3-c3sc4c(c3C(=O)O)CC(C)(C)CC4)cc2)NC(=O)OC(C)C[C@@H]2[C@@H](O)CO[C@@H]2C)CC(C)C)cc1. The molecular formula is C48H62N2O10S2. The molecule has 2 aliphatic rings. The number of benzene rings is 3. The number of hydrogen-bond acceptors (Lipinski definition) is 10. The van der Waals surface area contributed by atoms with E-state index in [4.69, 9.17) is 18.9 Å². The first-order chi connectivity index (χ1) is 29.4. The van der Waals surface area contributed by atoms with Crippen LogP contribution >= 0.6 is 11.3 Å². The minimum absolute atomic E-state index is 0.0410. The molecule has 1 aliphatic carbocycles. The van der Waals surface area contributed by atoms with Crippen LogP contribution in [0.4, 0.5) is 4.79 Å². The van der Waals surface area contributed by atoms with Crippen LogP contribution in [0, 0.1) is 17.3 Å². The van der Waals surface area contributed by atoms with Crippen LogP contribution in [0.5, 0.6) is 11.5 Å². The van der Waals surface area contributed by atoms with E-state index in [0.717, 1.165) is 51.3 Å². The Morgan fingerprint density at radius 2 is 1.71 bits per heavy atom. The zero-order valence-corrected chi connectivity index (χ0v) is 38.5. The van der Waals surface area contributed by atoms with Gasteiger partial charge in [0.25, 0.3) is 0 Å². The molecule has 1 amide bonds. The Balaban J connectivity index is 1.17. The number of methoxy groups -OCH3 is 1. The molecule has 12 nitrogen and oxygen atoms in total. The smallest absolute Gasteiger partial charge is 0.407 e. The van der Waals surface area contributed by atoms with Gasteiger partial charge in [0.05, 0.1) is 36.4 Å². The van der Waals surface area contributed by atoms with Gasteiger partial charge >= 0.3 is 12.1 Å². The van der Waals surface area contributed by atoms with Crippen LogP contribution in [-0.4, -0.2) is 86.2 Å². The highest BCUT2D eigenvalue weighted by molar-refractivity contribution is 7.89. The van der Waals surface area contributed by atoms with Crippen LogP contribution in [0.3, 0.4) is 0 Å². The highest BCUT2D eigenvalue weighted by Crippen LogP contribution is 2.46. The quantitative estimate of drug-likeness (QED) is 0.0831. The molecule has 14 heteroatoms. The molecule has 4 aromatic rings. The number of hydrogen-bond donors (Lipinski definition) is 3. The lowest BCUT2D eigenvalue weighted by atomic mass is 9.76. The maximum absolute atomic E-state index is 13.9. The van der Waals surface area contributed by atoms with Crippen LogP contribution in [-0.2, 0) is 45.4 Å². The molecule has 0 saturated carbocycles. The van der Waals surface area contributed by atoms with E-state index in [1.54, 1.807) is 30.4 Å². The van der Waals surface area contributed by atoms with Crippen molar-refractivity contribution in [2.75, 3.05) is 26.8 Å². The molecule has 3 aromatic carbocycles. The first-order valence-electron chi connectivity index (χ1n) is 21.5. The molecule has 336 valence electrons. The Kier molecular flexibility index (Phi) is 15.4. The Hall–Kier alpha value is -4.47. The van der Waals surface area contributed by atoms with E-state index in [-0.39, 0.29) is 54.6 Å². The van der Waals surface area contributed by atoms with Gasteiger partial charge < -0.3 is 34.5 Å². The van der Waals surface area contributed by atoms with E-state index in [1.807, 2.05) is 69.3 Å². The molecule has 3 N–H and O–H groups in total. The summed E-state index contributed by atoms with van der Waals surface area (Å²) in [7, 11) is -2.35. The average molecular weight is 891 g/mol. The van der Waals surface area contributed by atoms with Gasteiger partial charge in [-0.05, 0) is 122 Å². The zero-order valence-electron chi connectivity index (χ0n) is 36.9. The first kappa shape index (κ1) is 47.0. The third-order valence-corrected chi connectivity index (χ3v) is 15.1. The highest BCUT2D eigenvalue weighted by atomic mass is 32.2. The largest absolute Gasteiger partial charge is 0.497 e. The summed E-state index contributed by atoms with van der Waals surface area (Å²) in [6, 6.07) is 21.2. The molecule has 2 heterocycles. The zero-order chi connectivity index (χ0) is 44.8. The number of carboxylic acids is 1. The number of carbonyl (C=O) groups is 2. The number of carboxylic acid groups (broad SMARTS) is 1. The number of sulfonamides is 1. The van der Waals surface area contributed by atoms with E-state index < -0.39 is 40.3 Å². The predicted octanol–water partition coefficient (Wildman–Crippen LogP) is 8.76. The summed E-state index contributed by atoms with van der Waals surface area (Å²) in [5, 5.41) is 23.8. The number of nitrogens with one attached hydrogen (secondary N) is 1. The van der Waals surface area contributed by atoms with Crippen molar-refractivity contribution < 1.29 is 47.2 Å². The Morgan fingerprint density at radius 1 is 1.02 bits per heavy atom. The van der Waals surface area contributed by atoms with Crippen molar-refractivity contribution in [3.05, 3.63) is 99.9 Å². The standard InChI is InChI=1S/C48H62N2O10S2/c1-30(2)27-50(62(55,56)38-18-16-36(57-7)17-19-38)23-21-35(49-47(54)60-31(3)24-40-32(4)58-29-42(40)51)25-33-12-14-37(15-13-33)59-28-34-10-8-9-11-39(34)45-44(46(52)53)41-26-48(5,6)22-20-43(41)61-45/h8-19,30-32,35,40,42,51H,20-29H2,1-7H3,(H,49,54)(H,52,53)/t31?,32-,35-,40+,42+/m1/s1. The van der Waals surface area contributed by atoms with E-state index in [0.29, 0.717) is 36.3 Å². The van der Waals surface area contributed by atoms with E-state index >= 15 is 0 Å². The van der Waals surface area contributed by atoms with Crippen LogP contribution in [0.2, 0.25) is 0 Å². The Morgan fingerprint density at radius 3 is 2.35 bits per heavy atom. The Labute approximate surface area is 370 Å². The van der Waals surface area contributed by atoms with Gasteiger partial charge in [-0.1, -0.05) is 64.1 Å². The minimum atomic E-state index is -3.88. The van der Waals surface area contributed by atoms with Gasteiger partial charge in [0, 0.05) is 34.8 Å². The molecule has 1 saturated heterocycles. The van der Waals surface area contributed by atoms with E-state index in [1.165, 1.54) is 23.5 Å². The maximum atomic E-state index is 13.9. The summed E-state index contributed by atoms with van der Waals surface area (Å²) < 4.78 is 52.3. The monoisotopic (exact) mass is 890 g/mol. The van der Waals surface area contributed by atoms with Crippen molar-refractivity contribution in [3.63, 3.8) is 0 Å². The van der Waals surface area contributed by atoms with Gasteiger partial charge in [-0.3, -0.25) is 0 Å². The van der Waals surface area contributed by atoms with Gasteiger partial charge in [-0.15, -0.1) is 11.3 Å². The molecule has 0 radical (unpaired) electrons. The predicted molar refractivity (Wildman–Crippen MR) is 241 cm³/mol. The number of ether oxygens (including phenoxy) is 4. The van der Waals surface area contributed by atoms with Crippen molar-refractivity contribution >= 4 is 33.4 Å².